The Morgan fingerprint density at radius 3 is 2.05 bits per heavy atom. The van der Waals surface area contributed by atoms with E-state index in [0.717, 1.165) is 6.07 Å². The fourth-order valence-corrected chi connectivity index (χ4v) is 4.76. The maximum Gasteiger partial charge on any atom is 0.239 e. The lowest BCUT2D eigenvalue weighted by Gasteiger charge is -2.39. The van der Waals surface area contributed by atoms with Gasteiger partial charge in [-0.2, -0.15) is 0 Å². The van der Waals surface area contributed by atoms with Gasteiger partial charge in [0.05, 0.1) is 12.7 Å². The summed E-state index contributed by atoms with van der Waals surface area (Å²) in [6.07, 6.45) is -15.5. The largest absolute Gasteiger partial charge is 0.508 e. The Bertz CT molecular complexity index is 1470. The van der Waals surface area contributed by atoms with Gasteiger partial charge >= 0.3 is 0 Å². The number of ether oxygens (including phenoxy) is 4. The van der Waals surface area contributed by atoms with E-state index in [-0.39, 0.29) is 28.4 Å². The van der Waals surface area contributed by atoms with E-state index >= 15 is 0 Å². The third-order valence-corrected chi connectivity index (χ3v) is 7.18. The summed E-state index contributed by atoms with van der Waals surface area (Å²) in [5.74, 6) is -1.77. The molecule has 3 heterocycles. The molecule has 9 N–H and O–H groups in total. The van der Waals surface area contributed by atoms with Crippen LogP contribution in [-0.2, 0) is 9.47 Å². The molecule has 0 saturated carbocycles. The molecule has 1 aromatic heterocycles. The molecule has 0 amide bonds. The number of aromatic hydroxyl groups is 2. The number of hydrogen-bond donors (Lipinski definition) is 9. The molecular weight excluding hydrogens is 564 g/mol. The van der Waals surface area contributed by atoms with Crippen LogP contribution in [0.4, 0.5) is 0 Å². The average Bonchev–Trinajstić information content (AvgIpc) is 2.96. The van der Waals surface area contributed by atoms with Gasteiger partial charge in [-0.1, -0.05) is 0 Å². The highest BCUT2D eigenvalue weighted by Gasteiger charge is 2.46. The molecule has 5 rings (SSSR count). The molecule has 10 atom stereocenters. The molecule has 0 radical (unpaired) electrons. The second-order valence-corrected chi connectivity index (χ2v) is 10.1. The predicted octanol–water partition coefficient (Wildman–Crippen LogP) is -1.74. The molecule has 42 heavy (non-hydrogen) atoms. The van der Waals surface area contributed by atoms with Crippen molar-refractivity contribution in [1.82, 2.24) is 0 Å². The lowest BCUT2D eigenvalue weighted by molar-refractivity contribution is -0.277. The van der Waals surface area contributed by atoms with Crippen molar-refractivity contribution in [2.24, 2.45) is 0 Å². The van der Waals surface area contributed by atoms with E-state index in [2.05, 4.69) is 0 Å². The van der Waals surface area contributed by atoms with Gasteiger partial charge in [-0.25, -0.2) is 0 Å². The summed E-state index contributed by atoms with van der Waals surface area (Å²) in [7, 11) is 0. The molecule has 2 saturated heterocycles. The van der Waals surface area contributed by atoms with Crippen LogP contribution in [0.2, 0.25) is 0 Å². The lowest BCUT2D eigenvalue weighted by Crippen LogP contribution is -2.60. The van der Waals surface area contributed by atoms with Crippen LogP contribution in [0, 0.1) is 0 Å². The SMILES string of the molecule is C[C@H]1O[C@H](Oc2cc(O)c3c(=O)c(O[C@H]4O[C@@H](CO)[C@@H](O)[C@@H](O)[C@@H]4O)c(-c4ccc(O)cc4)oc3c2)[C@@H](O)[C@@H](O)[C@@H]1O. The molecule has 3 aromatic rings. The van der Waals surface area contributed by atoms with E-state index in [1.165, 1.54) is 37.3 Å². The van der Waals surface area contributed by atoms with Gasteiger partial charge in [-0.3, -0.25) is 4.79 Å². The zero-order chi connectivity index (χ0) is 30.5. The van der Waals surface area contributed by atoms with Crippen LogP contribution in [0.5, 0.6) is 23.0 Å². The van der Waals surface area contributed by atoms with E-state index in [4.69, 9.17) is 23.4 Å². The predicted molar refractivity (Wildman–Crippen MR) is 139 cm³/mol. The van der Waals surface area contributed by atoms with E-state index < -0.39 is 90.3 Å². The molecule has 0 spiro atoms. The second-order valence-electron chi connectivity index (χ2n) is 10.1. The van der Waals surface area contributed by atoms with Crippen LogP contribution in [0.25, 0.3) is 22.3 Å². The average molecular weight is 595 g/mol. The molecule has 15 nitrogen and oxygen atoms in total. The number of phenols is 2. The number of rotatable bonds is 6. The summed E-state index contributed by atoms with van der Waals surface area (Å²) in [6.45, 7) is 0.702. The fraction of sp³-hybridized carbons (Fsp3) is 0.444. The minimum atomic E-state index is -1.87. The first-order valence-corrected chi connectivity index (χ1v) is 12.9. The molecule has 0 aliphatic carbocycles. The number of aliphatic hydroxyl groups is 7. The molecule has 2 aliphatic heterocycles. The summed E-state index contributed by atoms with van der Waals surface area (Å²) in [4.78, 5) is 13.7. The number of aliphatic hydroxyl groups excluding tert-OH is 7. The normalized spacial score (nSPS) is 33.4. The molecule has 228 valence electrons. The van der Waals surface area contributed by atoms with Crippen molar-refractivity contribution in [3.8, 4) is 34.3 Å². The summed E-state index contributed by atoms with van der Waals surface area (Å²) in [6, 6.07) is 7.53. The van der Waals surface area contributed by atoms with Crippen LogP contribution < -0.4 is 14.9 Å². The van der Waals surface area contributed by atoms with E-state index in [0.29, 0.717) is 0 Å². The number of benzene rings is 2. The molecule has 2 aliphatic rings. The molecule has 0 bridgehead atoms. The molecule has 0 unspecified atom stereocenters. The smallest absolute Gasteiger partial charge is 0.239 e. The van der Waals surface area contributed by atoms with Crippen molar-refractivity contribution < 1.29 is 69.3 Å². The van der Waals surface area contributed by atoms with Gasteiger partial charge in [0.2, 0.25) is 23.8 Å². The van der Waals surface area contributed by atoms with Gasteiger partial charge in [-0.05, 0) is 31.2 Å². The quantitative estimate of drug-likeness (QED) is 0.154. The minimum absolute atomic E-state index is 0.112. The van der Waals surface area contributed by atoms with Gasteiger partial charge in [0.25, 0.3) is 0 Å². The Morgan fingerprint density at radius 2 is 1.40 bits per heavy atom. The van der Waals surface area contributed by atoms with E-state index in [1.54, 1.807) is 0 Å². The van der Waals surface area contributed by atoms with Crippen LogP contribution in [0.1, 0.15) is 6.92 Å². The number of phenolic OH excluding ortho intramolecular Hbond substituents is 2. The van der Waals surface area contributed by atoms with Crippen LogP contribution in [0.3, 0.4) is 0 Å². The lowest BCUT2D eigenvalue weighted by atomic mass is 9.99. The third-order valence-electron chi connectivity index (χ3n) is 7.18. The van der Waals surface area contributed by atoms with Crippen molar-refractivity contribution in [3.63, 3.8) is 0 Å². The molecular formula is C27H30O15. The monoisotopic (exact) mass is 594 g/mol. The standard InChI is InChI=1S/C27H30O15/c1-9-17(31)20(34)22(36)26(38-9)39-12-6-13(30)16-14(7-12)40-24(10-2-4-11(29)5-3-10)25(19(16)33)42-27-23(37)21(35)18(32)15(8-28)41-27/h2-7,9,15,17-18,20-23,26-32,34-37H,8H2,1H3/t9-,15+,17-,18-,20+,21-,22+,23+,26-,27-/m1/s1. The Morgan fingerprint density at radius 1 is 0.786 bits per heavy atom. The van der Waals surface area contributed by atoms with Crippen LogP contribution in [0.15, 0.2) is 45.6 Å². The Hall–Kier alpha value is -3.51. The van der Waals surface area contributed by atoms with Crippen molar-refractivity contribution in [1.29, 1.82) is 0 Å². The van der Waals surface area contributed by atoms with Crippen LogP contribution >= 0.6 is 0 Å². The first-order chi connectivity index (χ1) is 19.9. The van der Waals surface area contributed by atoms with Crippen molar-refractivity contribution in [2.75, 3.05) is 6.61 Å². The third kappa shape index (κ3) is 5.37. The van der Waals surface area contributed by atoms with Gasteiger partial charge in [0.1, 0.15) is 70.9 Å². The maximum absolute atomic E-state index is 13.7. The van der Waals surface area contributed by atoms with Crippen LogP contribution in [-0.4, -0.2) is 114 Å². The first-order valence-electron chi connectivity index (χ1n) is 12.9. The summed E-state index contributed by atoms with van der Waals surface area (Å²) >= 11 is 0. The zero-order valence-corrected chi connectivity index (χ0v) is 21.9. The summed E-state index contributed by atoms with van der Waals surface area (Å²) in [5, 5.41) is 90.7. The van der Waals surface area contributed by atoms with Gasteiger partial charge in [0.15, 0.2) is 5.76 Å². The van der Waals surface area contributed by atoms with Gasteiger partial charge in [0, 0.05) is 17.7 Å². The summed E-state index contributed by atoms with van der Waals surface area (Å²) < 4.78 is 28.0. The summed E-state index contributed by atoms with van der Waals surface area (Å²) in [5.41, 5.74) is -1.01. The Balaban J connectivity index is 1.58. The number of fused-ring (bicyclic) bond motifs is 1. The molecule has 15 heteroatoms. The van der Waals surface area contributed by atoms with Gasteiger partial charge < -0.3 is 69.3 Å². The van der Waals surface area contributed by atoms with E-state index in [9.17, 15) is 50.8 Å². The van der Waals surface area contributed by atoms with E-state index in [1.807, 2.05) is 0 Å². The van der Waals surface area contributed by atoms with Gasteiger partial charge in [-0.15, -0.1) is 0 Å². The molecule has 2 fully saturated rings. The molecule has 2 aromatic carbocycles. The highest BCUT2D eigenvalue weighted by atomic mass is 16.7. The number of hydrogen-bond acceptors (Lipinski definition) is 15. The first kappa shape index (κ1) is 30.0. The fourth-order valence-electron chi connectivity index (χ4n) is 4.76. The minimum Gasteiger partial charge on any atom is -0.508 e. The van der Waals surface area contributed by atoms with Crippen molar-refractivity contribution >= 4 is 11.0 Å². The van der Waals surface area contributed by atoms with Crippen molar-refractivity contribution in [3.05, 3.63) is 46.6 Å². The highest BCUT2D eigenvalue weighted by molar-refractivity contribution is 5.88. The second kappa shape index (κ2) is 11.6. The highest BCUT2D eigenvalue weighted by Crippen LogP contribution is 2.38. The van der Waals surface area contributed by atoms with Crippen molar-refractivity contribution in [2.45, 2.75) is 68.3 Å². The zero-order valence-electron chi connectivity index (χ0n) is 21.9. The maximum atomic E-state index is 13.7. The Labute approximate surface area is 236 Å². The topological polar surface area (TPSA) is 249 Å². The Kier molecular flexibility index (Phi) is 8.30.